The van der Waals surface area contributed by atoms with Crippen LogP contribution in [0.2, 0.25) is 0 Å². The normalized spacial score (nSPS) is 10.3. The summed E-state index contributed by atoms with van der Waals surface area (Å²) in [6, 6.07) is 16.4. The molecular weight excluding hydrogens is 268 g/mol. The maximum absolute atomic E-state index is 11.9. The van der Waals surface area contributed by atoms with E-state index in [0.29, 0.717) is 11.4 Å². The van der Waals surface area contributed by atoms with Gasteiger partial charge in [0, 0.05) is 5.56 Å². The van der Waals surface area contributed by atoms with E-state index >= 15 is 0 Å². The number of benzene rings is 2. The van der Waals surface area contributed by atoms with Gasteiger partial charge in [0.2, 0.25) is 5.82 Å². The van der Waals surface area contributed by atoms with Crippen molar-refractivity contribution in [3.05, 3.63) is 65.7 Å². The summed E-state index contributed by atoms with van der Waals surface area (Å²) in [5, 5.41) is 13.6. The molecule has 1 aromatic heterocycles. The number of hydrogen-bond donors (Lipinski definition) is 1. The van der Waals surface area contributed by atoms with Crippen LogP contribution in [0.5, 0.6) is 0 Å². The minimum Gasteiger partial charge on any atom is -0.457 e. The molecule has 1 N–H and O–H groups in total. The summed E-state index contributed by atoms with van der Waals surface area (Å²) in [6.07, 6.45) is 0. The van der Waals surface area contributed by atoms with Crippen LogP contribution < -0.4 is 0 Å². The van der Waals surface area contributed by atoms with Gasteiger partial charge in [-0.2, -0.15) is 5.21 Å². The lowest BCUT2D eigenvalue weighted by Gasteiger charge is -2.05. The molecule has 1 heterocycles. The molecule has 6 nitrogen and oxygen atoms in total. The summed E-state index contributed by atoms with van der Waals surface area (Å²) < 4.78 is 5.26. The van der Waals surface area contributed by atoms with Crippen molar-refractivity contribution in [1.82, 2.24) is 20.6 Å². The summed E-state index contributed by atoms with van der Waals surface area (Å²) in [5.74, 6) is 0.123. The van der Waals surface area contributed by atoms with E-state index in [9.17, 15) is 4.79 Å². The molecule has 104 valence electrons. The monoisotopic (exact) mass is 280 g/mol. The van der Waals surface area contributed by atoms with Gasteiger partial charge in [-0.15, -0.1) is 10.2 Å². The largest absolute Gasteiger partial charge is 0.457 e. The lowest BCUT2D eigenvalue weighted by atomic mass is 10.1. The van der Waals surface area contributed by atoms with Crippen molar-refractivity contribution >= 4 is 5.97 Å². The van der Waals surface area contributed by atoms with Crippen LogP contribution in [0.4, 0.5) is 0 Å². The molecule has 3 rings (SSSR count). The molecule has 0 unspecified atom stereocenters. The summed E-state index contributed by atoms with van der Waals surface area (Å²) in [4.78, 5) is 11.9. The van der Waals surface area contributed by atoms with Crippen molar-refractivity contribution in [3.8, 4) is 11.4 Å². The Bertz CT molecular complexity index is 709. The van der Waals surface area contributed by atoms with E-state index in [0.717, 1.165) is 11.1 Å². The van der Waals surface area contributed by atoms with Gasteiger partial charge < -0.3 is 4.74 Å². The van der Waals surface area contributed by atoms with E-state index in [1.54, 1.807) is 24.3 Å². The van der Waals surface area contributed by atoms with E-state index in [1.807, 2.05) is 30.3 Å². The molecule has 0 atom stereocenters. The summed E-state index contributed by atoms with van der Waals surface area (Å²) >= 11 is 0. The summed E-state index contributed by atoms with van der Waals surface area (Å²) in [6.45, 7) is 0.256. The highest BCUT2D eigenvalue weighted by atomic mass is 16.5. The van der Waals surface area contributed by atoms with Crippen molar-refractivity contribution < 1.29 is 9.53 Å². The number of H-pyrrole nitrogens is 1. The quantitative estimate of drug-likeness (QED) is 0.741. The predicted octanol–water partition coefficient (Wildman–Crippen LogP) is 2.22. The second-order valence-corrected chi connectivity index (χ2v) is 4.37. The van der Waals surface area contributed by atoms with Gasteiger partial charge in [-0.05, 0) is 22.9 Å². The number of nitrogens with one attached hydrogen (secondary N) is 1. The molecule has 0 saturated heterocycles. The lowest BCUT2D eigenvalue weighted by Crippen LogP contribution is -2.05. The third kappa shape index (κ3) is 3.11. The molecule has 0 fully saturated rings. The van der Waals surface area contributed by atoms with Crippen LogP contribution in [0.25, 0.3) is 11.4 Å². The van der Waals surface area contributed by atoms with Crippen molar-refractivity contribution in [2.75, 3.05) is 0 Å². The van der Waals surface area contributed by atoms with Gasteiger partial charge in [0.05, 0.1) is 5.56 Å². The number of aromatic amines is 1. The number of rotatable bonds is 4. The minimum absolute atomic E-state index is 0.256. The lowest BCUT2D eigenvalue weighted by molar-refractivity contribution is 0.0473. The fourth-order valence-corrected chi connectivity index (χ4v) is 1.85. The minimum atomic E-state index is -0.362. The Hall–Kier alpha value is -3.02. The molecule has 6 heteroatoms. The van der Waals surface area contributed by atoms with E-state index in [-0.39, 0.29) is 12.6 Å². The highest BCUT2D eigenvalue weighted by Gasteiger charge is 2.09. The number of hydrogen-bond acceptors (Lipinski definition) is 5. The van der Waals surface area contributed by atoms with Crippen LogP contribution in [-0.2, 0) is 11.3 Å². The Balaban J connectivity index is 1.65. The third-order valence-electron chi connectivity index (χ3n) is 2.94. The third-order valence-corrected chi connectivity index (χ3v) is 2.94. The highest BCUT2D eigenvalue weighted by Crippen LogP contribution is 2.15. The first-order valence-electron chi connectivity index (χ1n) is 6.38. The van der Waals surface area contributed by atoms with Crippen LogP contribution in [-0.4, -0.2) is 26.6 Å². The van der Waals surface area contributed by atoms with Gasteiger partial charge in [0.25, 0.3) is 0 Å². The zero-order chi connectivity index (χ0) is 14.5. The predicted molar refractivity (Wildman–Crippen MR) is 75.2 cm³/mol. The zero-order valence-electron chi connectivity index (χ0n) is 11.1. The molecule has 21 heavy (non-hydrogen) atoms. The van der Waals surface area contributed by atoms with Gasteiger partial charge in [-0.25, -0.2) is 4.79 Å². The number of ether oxygens (including phenoxy) is 1. The van der Waals surface area contributed by atoms with Crippen LogP contribution >= 0.6 is 0 Å². The number of tetrazole rings is 1. The van der Waals surface area contributed by atoms with Crippen molar-refractivity contribution in [2.24, 2.45) is 0 Å². The fourth-order valence-electron chi connectivity index (χ4n) is 1.85. The Labute approximate surface area is 120 Å². The number of aromatic nitrogens is 4. The van der Waals surface area contributed by atoms with Gasteiger partial charge in [0.15, 0.2) is 0 Å². The summed E-state index contributed by atoms with van der Waals surface area (Å²) in [5.41, 5.74) is 2.22. The maximum atomic E-state index is 11.9. The molecule has 0 spiro atoms. The Kier molecular flexibility index (Phi) is 3.68. The molecule has 0 aliphatic heterocycles. The molecule has 0 bridgehead atoms. The van der Waals surface area contributed by atoms with E-state index in [1.165, 1.54) is 0 Å². The molecule has 2 aromatic carbocycles. The molecule has 0 amide bonds. The standard InChI is InChI=1S/C15H12N4O2/c20-15(21-10-11-4-2-1-3-5-11)13-8-6-12(7-9-13)14-16-18-19-17-14/h1-9H,10H2,(H,16,17,18,19). The number of nitrogens with zero attached hydrogens (tertiary/aromatic N) is 3. The average molecular weight is 280 g/mol. The maximum Gasteiger partial charge on any atom is 0.338 e. The first kappa shape index (κ1) is 13.0. The molecule has 0 aliphatic carbocycles. The van der Waals surface area contributed by atoms with Gasteiger partial charge in [-0.1, -0.05) is 42.5 Å². The second kappa shape index (κ2) is 5.96. The molecular formula is C15H12N4O2. The zero-order valence-corrected chi connectivity index (χ0v) is 11.1. The first-order valence-corrected chi connectivity index (χ1v) is 6.38. The van der Waals surface area contributed by atoms with E-state index < -0.39 is 0 Å². The van der Waals surface area contributed by atoms with Crippen LogP contribution in [0.1, 0.15) is 15.9 Å². The van der Waals surface area contributed by atoms with Crippen LogP contribution in [0.3, 0.4) is 0 Å². The topological polar surface area (TPSA) is 80.8 Å². The number of carbonyl (C=O) groups is 1. The van der Waals surface area contributed by atoms with Gasteiger partial charge >= 0.3 is 5.97 Å². The highest BCUT2D eigenvalue weighted by molar-refractivity contribution is 5.89. The van der Waals surface area contributed by atoms with Crippen LogP contribution in [0, 0.1) is 0 Å². The molecule has 3 aromatic rings. The Morgan fingerprint density at radius 1 is 1.05 bits per heavy atom. The van der Waals surface area contributed by atoms with Crippen molar-refractivity contribution in [3.63, 3.8) is 0 Å². The molecule has 0 saturated carbocycles. The Morgan fingerprint density at radius 2 is 1.81 bits per heavy atom. The molecule has 0 aliphatic rings. The first-order chi connectivity index (χ1) is 10.3. The van der Waals surface area contributed by atoms with Crippen molar-refractivity contribution in [1.29, 1.82) is 0 Å². The fraction of sp³-hybridized carbons (Fsp3) is 0.0667. The van der Waals surface area contributed by atoms with Crippen molar-refractivity contribution in [2.45, 2.75) is 6.61 Å². The SMILES string of the molecule is O=C(OCc1ccccc1)c1ccc(-c2nn[nH]n2)cc1. The average Bonchev–Trinajstić information content (AvgIpc) is 3.08. The van der Waals surface area contributed by atoms with E-state index in [4.69, 9.17) is 4.74 Å². The molecule has 0 radical (unpaired) electrons. The summed E-state index contributed by atoms with van der Waals surface area (Å²) in [7, 11) is 0. The number of carbonyl (C=O) groups excluding carboxylic acids is 1. The number of esters is 1. The van der Waals surface area contributed by atoms with Gasteiger partial charge in [0.1, 0.15) is 6.61 Å². The van der Waals surface area contributed by atoms with Crippen LogP contribution in [0.15, 0.2) is 54.6 Å². The second-order valence-electron chi connectivity index (χ2n) is 4.37. The van der Waals surface area contributed by atoms with Gasteiger partial charge in [-0.3, -0.25) is 0 Å². The smallest absolute Gasteiger partial charge is 0.338 e. The Morgan fingerprint density at radius 3 is 2.48 bits per heavy atom. The van der Waals surface area contributed by atoms with E-state index in [2.05, 4.69) is 20.6 Å².